The van der Waals surface area contributed by atoms with Crippen LogP contribution in [0.25, 0.3) is 21.5 Å². The highest BCUT2D eigenvalue weighted by molar-refractivity contribution is 7.15. The minimum absolute atomic E-state index is 0.0316. The monoisotopic (exact) mass is 556 g/mol. The second-order valence-electron chi connectivity index (χ2n) is 8.60. The van der Waals surface area contributed by atoms with Crippen LogP contribution in [0.4, 0.5) is 13.2 Å². The summed E-state index contributed by atoms with van der Waals surface area (Å²) in [5.74, 6) is 0.503. The Morgan fingerprint density at radius 3 is 2.66 bits per heavy atom. The number of pyridine rings is 3. The van der Waals surface area contributed by atoms with Crippen molar-refractivity contribution in [2.75, 3.05) is 0 Å². The van der Waals surface area contributed by atoms with Crippen molar-refractivity contribution in [1.82, 2.24) is 19.5 Å². The van der Waals surface area contributed by atoms with E-state index in [1.807, 2.05) is 38.2 Å². The maximum Gasteiger partial charge on any atom is 0.421 e. The van der Waals surface area contributed by atoms with Crippen molar-refractivity contribution in [3.05, 3.63) is 104 Å². The Balaban J connectivity index is 1.49. The smallest absolute Gasteiger partial charge is 0.421 e. The third-order valence-electron chi connectivity index (χ3n) is 5.89. The minimum Gasteiger partial charge on any atom is -0.486 e. The number of hydrogen-bond donors (Lipinski definition) is 0. The van der Waals surface area contributed by atoms with Gasteiger partial charge in [0.25, 0.3) is 5.56 Å². The molecule has 0 saturated carbocycles. The zero-order valence-corrected chi connectivity index (χ0v) is 21.8. The third-order valence-corrected chi connectivity index (χ3v) is 7.19. The van der Waals surface area contributed by atoms with E-state index in [-0.39, 0.29) is 13.2 Å². The number of hydrogen-bond acceptors (Lipinski definition) is 6. The highest BCUT2D eigenvalue weighted by atomic mass is 35.5. The zero-order chi connectivity index (χ0) is 27.0. The van der Waals surface area contributed by atoms with E-state index in [1.54, 1.807) is 23.5 Å². The van der Waals surface area contributed by atoms with Crippen molar-refractivity contribution in [2.24, 2.45) is 0 Å². The molecular formula is C27H20ClF3N4O2S. The topological polar surface area (TPSA) is 69.9 Å². The quantitative estimate of drug-likeness (QED) is 0.229. The first-order valence-electron chi connectivity index (χ1n) is 11.5. The Labute approximate surface area is 224 Å². The van der Waals surface area contributed by atoms with Gasteiger partial charge in [-0.05, 0) is 44.2 Å². The summed E-state index contributed by atoms with van der Waals surface area (Å²) < 4.78 is 46.8. The van der Waals surface area contributed by atoms with Crippen molar-refractivity contribution >= 4 is 33.8 Å². The molecule has 1 aromatic carbocycles. The molecule has 0 bridgehead atoms. The van der Waals surface area contributed by atoms with Gasteiger partial charge in [0.1, 0.15) is 28.4 Å². The summed E-state index contributed by atoms with van der Waals surface area (Å²) in [5, 5.41) is 2.06. The van der Waals surface area contributed by atoms with Gasteiger partial charge in [-0.3, -0.25) is 9.78 Å². The molecule has 0 aliphatic carbocycles. The van der Waals surface area contributed by atoms with Crippen LogP contribution in [0.2, 0.25) is 5.02 Å². The summed E-state index contributed by atoms with van der Waals surface area (Å²) in [6.07, 6.45) is -0.220. The van der Waals surface area contributed by atoms with Gasteiger partial charge in [0, 0.05) is 45.7 Å². The number of halogens is 4. The van der Waals surface area contributed by atoms with E-state index in [2.05, 4.69) is 15.0 Å². The number of ether oxygens (including phenoxy) is 1. The summed E-state index contributed by atoms with van der Waals surface area (Å²) in [5.41, 5.74) is 0.753. The summed E-state index contributed by atoms with van der Waals surface area (Å²) in [7, 11) is 0. The molecule has 0 saturated heterocycles. The molecule has 5 aromatic rings. The Bertz CT molecular complexity index is 1720. The van der Waals surface area contributed by atoms with Gasteiger partial charge < -0.3 is 9.30 Å². The number of rotatable bonds is 6. The molecule has 4 heterocycles. The summed E-state index contributed by atoms with van der Waals surface area (Å²) in [6, 6.07) is 11.1. The van der Waals surface area contributed by atoms with Gasteiger partial charge in [0.05, 0.1) is 17.3 Å². The SMILES string of the molecule is Cc1cc(-c2ncc(C)s2)c2cccc(OCc3c(Cl)ccnc3Cn3cccc(C(F)(F)F)c3=O)c2n1. The van der Waals surface area contributed by atoms with Gasteiger partial charge >= 0.3 is 6.18 Å². The van der Waals surface area contributed by atoms with Gasteiger partial charge in [-0.15, -0.1) is 11.3 Å². The van der Waals surface area contributed by atoms with Crippen molar-refractivity contribution in [1.29, 1.82) is 0 Å². The molecule has 0 radical (unpaired) electrons. The maximum atomic E-state index is 13.2. The molecule has 0 unspecified atom stereocenters. The van der Waals surface area contributed by atoms with Crippen LogP contribution in [0, 0.1) is 13.8 Å². The molecule has 0 N–H and O–H groups in total. The van der Waals surface area contributed by atoms with E-state index in [4.69, 9.17) is 16.3 Å². The zero-order valence-electron chi connectivity index (χ0n) is 20.2. The lowest BCUT2D eigenvalue weighted by Crippen LogP contribution is -2.28. The Hall–Kier alpha value is -3.76. The van der Waals surface area contributed by atoms with Crippen LogP contribution in [0.3, 0.4) is 0 Å². The fourth-order valence-corrected chi connectivity index (χ4v) is 5.12. The molecule has 4 aromatic heterocycles. The van der Waals surface area contributed by atoms with Crippen molar-refractivity contribution in [2.45, 2.75) is 33.2 Å². The van der Waals surface area contributed by atoms with Crippen LogP contribution in [0.5, 0.6) is 5.75 Å². The number of aryl methyl sites for hydroxylation is 2. The van der Waals surface area contributed by atoms with E-state index >= 15 is 0 Å². The molecule has 11 heteroatoms. The molecule has 38 heavy (non-hydrogen) atoms. The maximum absolute atomic E-state index is 13.2. The minimum atomic E-state index is -4.76. The van der Waals surface area contributed by atoms with Crippen LogP contribution < -0.4 is 10.3 Å². The van der Waals surface area contributed by atoms with Crippen LogP contribution >= 0.6 is 22.9 Å². The van der Waals surface area contributed by atoms with Crippen LogP contribution in [-0.4, -0.2) is 19.5 Å². The molecule has 0 spiro atoms. The van der Waals surface area contributed by atoms with Gasteiger partial charge in [-0.25, -0.2) is 9.97 Å². The summed E-state index contributed by atoms with van der Waals surface area (Å²) >= 11 is 8.03. The standard InChI is InChI=1S/C27H20ClF3N4O2S/c1-15-11-18(25-33-12-16(2)38-25)17-5-3-7-23(24(17)34-15)37-14-19-21(28)8-9-32-22(19)13-35-10-4-6-20(26(35)36)27(29,30)31/h3-12H,13-14H2,1-2H3. The highest BCUT2D eigenvalue weighted by Crippen LogP contribution is 2.35. The Morgan fingerprint density at radius 2 is 1.92 bits per heavy atom. The largest absolute Gasteiger partial charge is 0.486 e. The fourth-order valence-electron chi connectivity index (χ4n) is 4.11. The molecule has 5 rings (SSSR count). The van der Waals surface area contributed by atoms with Crippen LogP contribution in [0.15, 0.2) is 65.8 Å². The molecule has 6 nitrogen and oxygen atoms in total. The first kappa shape index (κ1) is 25.9. The fraction of sp³-hybridized carbons (Fsp3) is 0.185. The van der Waals surface area contributed by atoms with E-state index in [0.29, 0.717) is 27.5 Å². The number of aromatic nitrogens is 4. The second-order valence-corrected chi connectivity index (χ2v) is 10.2. The summed E-state index contributed by atoms with van der Waals surface area (Å²) in [4.78, 5) is 27.0. The van der Waals surface area contributed by atoms with Gasteiger partial charge in [0.2, 0.25) is 0 Å². The van der Waals surface area contributed by atoms with Gasteiger partial charge in [-0.2, -0.15) is 13.2 Å². The van der Waals surface area contributed by atoms with E-state index < -0.39 is 17.3 Å². The third kappa shape index (κ3) is 5.14. The number of alkyl halides is 3. The van der Waals surface area contributed by atoms with E-state index in [9.17, 15) is 18.0 Å². The van der Waals surface area contributed by atoms with Crippen molar-refractivity contribution in [3.8, 4) is 16.3 Å². The predicted octanol–water partition coefficient (Wildman–Crippen LogP) is 6.83. The second kappa shape index (κ2) is 10.2. The lowest BCUT2D eigenvalue weighted by Gasteiger charge is -2.15. The van der Waals surface area contributed by atoms with E-state index in [1.165, 1.54) is 18.5 Å². The molecule has 194 valence electrons. The van der Waals surface area contributed by atoms with Gasteiger partial charge in [-0.1, -0.05) is 23.7 Å². The number of thiazole rings is 1. The molecule has 0 atom stereocenters. The number of nitrogens with zero attached hydrogens (tertiary/aromatic N) is 4. The number of benzene rings is 1. The van der Waals surface area contributed by atoms with Crippen LogP contribution in [0.1, 0.15) is 27.4 Å². The van der Waals surface area contributed by atoms with Crippen molar-refractivity contribution < 1.29 is 17.9 Å². The molecular weight excluding hydrogens is 537 g/mol. The molecule has 0 fully saturated rings. The normalized spacial score (nSPS) is 11.7. The Morgan fingerprint density at radius 1 is 1.11 bits per heavy atom. The van der Waals surface area contributed by atoms with Crippen molar-refractivity contribution in [3.63, 3.8) is 0 Å². The van der Waals surface area contributed by atoms with Gasteiger partial charge in [0.15, 0.2) is 0 Å². The highest BCUT2D eigenvalue weighted by Gasteiger charge is 2.34. The first-order valence-corrected chi connectivity index (χ1v) is 12.7. The predicted molar refractivity (Wildman–Crippen MR) is 141 cm³/mol. The number of fused-ring (bicyclic) bond motifs is 1. The lowest BCUT2D eigenvalue weighted by molar-refractivity contribution is -0.138. The lowest BCUT2D eigenvalue weighted by atomic mass is 10.1. The van der Waals surface area contributed by atoms with E-state index in [0.717, 1.165) is 37.2 Å². The molecule has 0 amide bonds. The average Bonchev–Trinajstić information content (AvgIpc) is 3.30. The molecule has 0 aliphatic rings. The average molecular weight is 557 g/mol. The Kier molecular flexibility index (Phi) is 6.93. The summed E-state index contributed by atoms with van der Waals surface area (Å²) in [6.45, 7) is 3.65. The number of para-hydroxylation sites is 1. The van der Waals surface area contributed by atoms with Crippen LogP contribution in [-0.2, 0) is 19.3 Å². The first-order chi connectivity index (χ1) is 18.1. The molecule has 0 aliphatic heterocycles.